The summed E-state index contributed by atoms with van der Waals surface area (Å²) in [6, 6.07) is 0. The molecule has 0 aliphatic rings. The van der Waals surface area contributed by atoms with E-state index in [0.717, 1.165) is 6.42 Å². The van der Waals surface area contributed by atoms with Gasteiger partial charge < -0.3 is 4.74 Å². The minimum Gasteiger partial charge on any atom is -0.457 e. The van der Waals surface area contributed by atoms with Gasteiger partial charge in [0.25, 0.3) is 0 Å². The smallest absolute Gasteiger partial charge is 0.417 e. The van der Waals surface area contributed by atoms with Gasteiger partial charge in [-0.25, -0.2) is 4.79 Å². The van der Waals surface area contributed by atoms with Crippen molar-refractivity contribution in [3.8, 4) is 0 Å². The van der Waals surface area contributed by atoms with Crippen LogP contribution in [0.2, 0.25) is 0 Å². The first kappa shape index (κ1) is 18.5. The molecule has 0 bridgehead atoms. The van der Waals surface area contributed by atoms with Gasteiger partial charge in [-0.3, -0.25) is 0 Å². The normalized spacial score (nSPS) is 11.5. The molecule has 0 saturated heterocycles. The molecule has 0 aliphatic carbocycles. The Hall–Kier alpha value is -0.530. The molecule has 0 aromatic carbocycles. The topological polar surface area (TPSA) is 26.3 Å². The Balaban J connectivity index is 3.01. The summed E-state index contributed by atoms with van der Waals surface area (Å²) in [7, 11) is 0. The zero-order valence-electron chi connectivity index (χ0n) is 13.3. The van der Waals surface area contributed by atoms with Gasteiger partial charge in [-0.1, -0.05) is 78.6 Å². The van der Waals surface area contributed by atoms with Gasteiger partial charge in [0.05, 0.1) is 6.61 Å². The van der Waals surface area contributed by atoms with Crippen LogP contribution in [0.5, 0.6) is 0 Å². The fourth-order valence-electron chi connectivity index (χ4n) is 2.29. The third-order valence-electron chi connectivity index (χ3n) is 3.48. The Morgan fingerprint density at radius 2 is 1.16 bits per heavy atom. The highest BCUT2D eigenvalue weighted by Gasteiger charge is 2.08. The molecule has 0 aromatic rings. The molecule has 0 atom stereocenters. The largest absolute Gasteiger partial charge is 0.457 e. The monoisotopic (exact) mass is 269 g/mol. The van der Waals surface area contributed by atoms with Crippen LogP contribution in [0.1, 0.15) is 91.4 Å². The standard InChI is InChI=1S/C17H33O2/c1-17(2,3)14-12-10-8-6-4-5-7-9-11-13-15-19-16-18/h4-15H2,1-3H3. The Kier molecular flexibility index (Phi) is 12.2. The SMILES string of the molecule is CC(C)(C)CCCCCCCCCCCCO[C]=O. The number of rotatable bonds is 13. The van der Waals surface area contributed by atoms with Gasteiger partial charge in [0.1, 0.15) is 0 Å². The molecule has 0 unspecified atom stereocenters. The maximum absolute atomic E-state index is 9.79. The minimum atomic E-state index is 0.505. The van der Waals surface area contributed by atoms with Crippen molar-refractivity contribution >= 4 is 6.47 Å². The van der Waals surface area contributed by atoms with Crippen LogP contribution >= 0.6 is 0 Å². The zero-order valence-corrected chi connectivity index (χ0v) is 13.3. The molecule has 1 radical (unpaired) electrons. The van der Waals surface area contributed by atoms with Crippen molar-refractivity contribution in [2.24, 2.45) is 5.41 Å². The van der Waals surface area contributed by atoms with Gasteiger partial charge in [0, 0.05) is 0 Å². The van der Waals surface area contributed by atoms with Gasteiger partial charge in [-0.05, 0) is 18.3 Å². The Labute approximate surface area is 120 Å². The Morgan fingerprint density at radius 1 is 0.737 bits per heavy atom. The number of unbranched alkanes of at least 4 members (excludes halogenated alkanes) is 9. The fraction of sp³-hybridized carbons (Fsp3) is 0.941. The van der Waals surface area contributed by atoms with Crippen LogP contribution in [0.3, 0.4) is 0 Å². The summed E-state index contributed by atoms with van der Waals surface area (Å²) < 4.78 is 4.53. The molecule has 0 fully saturated rings. The van der Waals surface area contributed by atoms with Crippen LogP contribution in [-0.2, 0) is 9.53 Å². The van der Waals surface area contributed by atoms with Crippen molar-refractivity contribution < 1.29 is 9.53 Å². The highest BCUT2D eigenvalue weighted by molar-refractivity contribution is 5.37. The lowest BCUT2D eigenvalue weighted by Crippen LogP contribution is -2.03. The van der Waals surface area contributed by atoms with Gasteiger partial charge in [0.2, 0.25) is 0 Å². The van der Waals surface area contributed by atoms with E-state index in [1.54, 1.807) is 0 Å². The summed E-state index contributed by atoms with van der Waals surface area (Å²) in [6.07, 6.45) is 14.4. The van der Waals surface area contributed by atoms with Crippen molar-refractivity contribution in [1.29, 1.82) is 0 Å². The van der Waals surface area contributed by atoms with Gasteiger partial charge in [-0.2, -0.15) is 0 Å². The highest BCUT2D eigenvalue weighted by Crippen LogP contribution is 2.22. The number of carbonyl (C=O) groups excluding carboxylic acids is 1. The van der Waals surface area contributed by atoms with Crippen molar-refractivity contribution in [3.63, 3.8) is 0 Å². The lowest BCUT2D eigenvalue weighted by Gasteiger charge is -2.17. The van der Waals surface area contributed by atoms with E-state index in [-0.39, 0.29) is 0 Å². The molecule has 0 saturated carbocycles. The predicted molar refractivity (Wildman–Crippen MR) is 81.9 cm³/mol. The number of ether oxygens (including phenoxy) is 1. The van der Waals surface area contributed by atoms with E-state index in [1.165, 1.54) is 70.7 Å². The van der Waals surface area contributed by atoms with Crippen LogP contribution < -0.4 is 0 Å². The van der Waals surface area contributed by atoms with Gasteiger partial charge in [-0.15, -0.1) is 0 Å². The van der Waals surface area contributed by atoms with Gasteiger partial charge in [0.15, 0.2) is 0 Å². The van der Waals surface area contributed by atoms with E-state index in [4.69, 9.17) is 0 Å². The van der Waals surface area contributed by atoms with Crippen LogP contribution in [-0.4, -0.2) is 13.1 Å². The molecule has 0 amide bonds. The molecule has 19 heavy (non-hydrogen) atoms. The second kappa shape index (κ2) is 12.5. The molecular weight excluding hydrogens is 236 g/mol. The molecule has 0 aromatic heterocycles. The molecular formula is C17H33O2. The predicted octanol–water partition coefficient (Wildman–Crippen LogP) is 5.41. The average Bonchev–Trinajstić information content (AvgIpc) is 2.34. The molecule has 2 nitrogen and oxygen atoms in total. The van der Waals surface area contributed by atoms with Crippen molar-refractivity contribution in [3.05, 3.63) is 0 Å². The average molecular weight is 269 g/mol. The number of hydrogen-bond acceptors (Lipinski definition) is 2. The van der Waals surface area contributed by atoms with Crippen LogP contribution in [0, 0.1) is 5.41 Å². The first-order chi connectivity index (χ1) is 9.06. The molecule has 0 heterocycles. The van der Waals surface area contributed by atoms with Crippen LogP contribution in [0.15, 0.2) is 0 Å². The fourth-order valence-corrected chi connectivity index (χ4v) is 2.29. The molecule has 0 aliphatic heterocycles. The molecule has 0 N–H and O–H groups in total. The number of hydrogen-bond donors (Lipinski definition) is 0. The van der Waals surface area contributed by atoms with Crippen molar-refractivity contribution in [2.75, 3.05) is 6.61 Å². The quantitative estimate of drug-likeness (QED) is 0.418. The van der Waals surface area contributed by atoms with E-state index in [9.17, 15) is 4.79 Å². The van der Waals surface area contributed by atoms with E-state index in [0.29, 0.717) is 12.0 Å². The third-order valence-corrected chi connectivity index (χ3v) is 3.48. The van der Waals surface area contributed by atoms with E-state index in [2.05, 4.69) is 25.5 Å². The van der Waals surface area contributed by atoms with E-state index < -0.39 is 0 Å². The molecule has 0 rings (SSSR count). The first-order valence-electron chi connectivity index (χ1n) is 8.05. The van der Waals surface area contributed by atoms with Crippen LogP contribution in [0.25, 0.3) is 0 Å². The van der Waals surface area contributed by atoms with Crippen molar-refractivity contribution in [2.45, 2.75) is 91.4 Å². The summed E-state index contributed by atoms with van der Waals surface area (Å²) in [6.45, 7) is 8.98. The highest BCUT2D eigenvalue weighted by atomic mass is 16.5. The lowest BCUT2D eigenvalue weighted by atomic mass is 9.89. The van der Waals surface area contributed by atoms with Crippen molar-refractivity contribution in [1.82, 2.24) is 0 Å². The van der Waals surface area contributed by atoms with Gasteiger partial charge >= 0.3 is 6.47 Å². The van der Waals surface area contributed by atoms with E-state index in [1.807, 2.05) is 0 Å². The minimum absolute atomic E-state index is 0.505. The zero-order chi connectivity index (χ0) is 14.4. The summed E-state index contributed by atoms with van der Waals surface area (Å²) in [4.78, 5) is 9.79. The second-order valence-corrected chi connectivity index (χ2v) is 6.78. The summed E-state index contributed by atoms with van der Waals surface area (Å²) in [5.74, 6) is 0. The first-order valence-corrected chi connectivity index (χ1v) is 8.05. The summed E-state index contributed by atoms with van der Waals surface area (Å²) in [5, 5.41) is 0. The lowest BCUT2D eigenvalue weighted by molar-refractivity contribution is 0.268. The Morgan fingerprint density at radius 3 is 1.58 bits per heavy atom. The maximum Gasteiger partial charge on any atom is 0.417 e. The molecule has 0 spiro atoms. The van der Waals surface area contributed by atoms with Crippen LogP contribution in [0.4, 0.5) is 0 Å². The second-order valence-electron chi connectivity index (χ2n) is 6.78. The van der Waals surface area contributed by atoms with E-state index >= 15 is 0 Å². The summed E-state index contributed by atoms with van der Waals surface area (Å²) >= 11 is 0. The molecule has 113 valence electrons. The molecule has 2 heteroatoms. The third kappa shape index (κ3) is 17.5. The Bertz CT molecular complexity index is 194. The summed E-state index contributed by atoms with van der Waals surface area (Å²) in [5.41, 5.74) is 0.505. The maximum atomic E-state index is 9.79.